The Bertz CT molecular complexity index is 1340. The van der Waals surface area contributed by atoms with Crippen LogP contribution >= 0.6 is 0 Å². The first kappa shape index (κ1) is 21.8. The van der Waals surface area contributed by atoms with Crippen molar-refractivity contribution in [2.24, 2.45) is 0 Å². The summed E-state index contributed by atoms with van der Waals surface area (Å²) in [5.74, 6) is -0.401. The van der Waals surface area contributed by atoms with Gasteiger partial charge >= 0.3 is 0 Å². The highest BCUT2D eigenvalue weighted by molar-refractivity contribution is 5.59. The summed E-state index contributed by atoms with van der Waals surface area (Å²) in [4.78, 5) is 15.2. The number of para-hydroxylation sites is 1. The normalized spacial score (nSPS) is 14.1. The minimum atomic E-state index is -0.455. The van der Waals surface area contributed by atoms with Gasteiger partial charge in [-0.1, -0.05) is 18.2 Å². The van der Waals surface area contributed by atoms with E-state index in [2.05, 4.69) is 15.1 Å². The average Bonchev–Trinajstić information content (AvgIpc) is 3.19. The third-order valence-electron chi connectivity index (χ3n) is 5.76. The van der Waals surface area contributed by atoms with Crippen molar-refractivity contribution in [3.63, 3.8) is 0 Å². The van der Waals surface area contributed by atoms with Crippen LogP contribution in [-0.2, 0) is 4.74 Å². The Morgan fingerprint density at radius 1 is 1.03 bits per heavy atom. The number of hydrogen-bond acceptors (Lipinski definition) is 6. The molecule has 0 unspecified atom stereocenters. The van der Waals surface area contributed by atoms with E-state index in [1.54, 1.807) is 23.0 Å². The number of ether oxygens (including phenoxy) is 2. The molecule has 0 N–H and O–H groups in total. The van der Waals surface area contributed by atoms with Crippen molar-refractivity contribution in [3.8, 4) is 28.5 Å². The maximum atomic E-state index is 15.3. The molecule has 0 atom stereocenters. The summed E-state index contributed by atoms with van der Waals surface area (Å²) in [7, 11) is 1.40. The van der Waals surface area contributed by atoms with Gasteiger partial charge in [0.1, 0.15) is 5.69 Å². The topological polar surface area (TPSA) is 74.4 Å². The fourth-order valence-electron chi connectivity index (χ4n) is 4.04. The smallest absolute Gasteiger partial charge is 0.251 e. The van der Waals surface area contributed by atoms with Crippen LogP contribution in [0, 0.1) is 5.82 Å². The molecule has 0 aliphatic carbocycles. The van der Waals surface area contributed by atoms with Crippen LogP contribution in [0.15, 0.2) is 71.8 Å². The fourth-order valence-corrected chi connectivity index (χ4v) is 4.04. The highest BCUT2D eigenvalue weighted by Crippen LogP contribution is 2.25. The molecule has 9 heteroatoms. The predicted molar refractivity (Wildman–Crippen MR) is 127 cm³/mol. The first-order valence-electron chi connectivity index (χ1n) is 11.1. The van der Waals surface area contributed by atoms with Gasteiger partial charge in [0, 0.05) is 25.4 Å². The number of hydrogen-bond donors (Lipinski definition) is 0. The largest absolute Gasteiger partial charge is 0.491 e. The Labute approximate surface area is 195 Å². The number of benzene rings is 2. The molecule has 1 saturated heterocycles. The summed E-state index contributed by atoms with van der Waals surface area (Å²) in [6, 6.07) is 16.1. The highest BCUT2D eigenvalue weighted by atomic mass is 19.1. The minimum absolute atomic E-state index is 0.0546. The van der Waals surface area contributed by atoms with Crippen molar-refractivity contribution in [1.29, 1.82) is 0 Å². The van der Waals surface area contributed by atoms with Crippen LogP contribution in [0.5, 0.6) is 5.75 Å². The second-order valence-corrected chi connectivity index (χ2v) is 7.87. The second kappa shape index (κ2) is 9.48. The number of rotatable bonds is 5. The van der Waals surface area contributed by atoms with Gasteiger partial charge in [0.15, 0.2) is 17.3 Å². The van der Waals surface area contributed by atoms with Crippen LogP contribution in [0.3, 0.4) is 0 Å². The first-order chi connectivity index (χ1) is 16.7. The Kier molecular flexibility index (Phi) is 6.09. The zero-order chi connectivity index (χ0) is 23.5. The summed E-state index contributed by atoms with van der Waals surface area (Å²) in [6.07, 6.45) is 3.88. The van der Waals surface area contributed by atoms with Crippen LogP contribution in [0.25, 0.3) is 22.8 Å². The molecule has 3 heterocycles. The number of anilines is 1. The van der Waals surface area contributed by atoms with E-state index in [-0.39, 0.29) is 17.1 Å². The predicted octanol–water partition coefficient (Wildman–Crippen LogP) is 3.46. The summed E-state index contributed by atoms with van der Waals surface area (Å²) >= 11 is 0. The van der Waals surface area contributed by atoms with Gasteiger partial charge in [0.05, 0.1) is 37.5 Å². The molecule has 1 aliphatic heterocycles. The lowest BCUT2D eigenvalue weighted by atomic mass is 10.2. The molecule has 174 valence electrons. The van der Waals surface area contributed by atoms with Gasteiger partial charge in [-0.25, -0.2) is 13.8 Å². The molecule has 2 aromatic heterocycles. The third kappa shape index (κ3) is 4.17. The quantitative estimate of drug-likeness (QED) is 0.453. The molecule has 5 rings (SSSR count). The fraction of sp³-hybridized carbons (Fsp3) is 0.240. The molecule has 0 bridgehead atoms. The summed E-state index contributed by atoms with van der Waals surface area (Å²) in [5.41, 5.74) is 1.94. The summed E-state index contributed by atoms with van der Waals surface area (Å²) in [5, 5.41) is 8.84. The van der Waals surface area contributed by atoms with Crippen molar-refractivity contribution in [2.45, 2.75) is 6.42 Å². The molecule has 8 nitrogen and oxygen atoms in total. The van der Waals surface area contributed by atoms with E-state index in [1.807, 2.05) is 36.4 Å². The van der Waals surface area contributed by atoms with E-state index < -0.39 is 11.2 Å². The molecule has 0 radical (unpaired) electrons. The molecule has 1 fully saturated rings. The van der Waals surface area contributed by atoms with Crippen molar-refractivity contribution >= 4 is 5.69 Å². The number of halogens is 1. The first-order valence-corrected chi connectivity index (χ1v) is 11.1. The van der Waals surface area contributed by atoms with Gasteiger partial charge in [0.2, 0.25) is 0 Å². The molecular weight excluding hydrogens is 437 g/mol. The van der Waals surface area contributed by atoms with Crippen molar-refractivity contribution in [2.75, 3.05) is 38.3 Å². The standard InChI is InChI=1S/C25H24FN5O3/c1-33-23-17-30(21-9-8-19(16-20(21)26)29-12-5-14-34-15-13-29)28-24(25(23)32)22-10-11-27-31(22)18-6-3-2-4-7-18/h2-4,6-11,16-17H,5,12-15H2,1H3. The van der Waals surface area contributed by atoms with Crippen molar-refractivity contribution in [3.05, 3.63) is 83.0 Å². The lowest BCUT2D eigenvalue weighted by Gasteiger charge is -2.22. The van der Waals surface area contributed by atoms with Gasteiger partial charge in [-0.05, 0) is 42.8 Å². The van der Waals surface area contributed by atoms with E-state index in [9.17, 15) is 4.79 Å². The SMILES string of the molecule is COc1cn(-c2ccc(N3CCCOCC3)cc2F)nc(-c2ccnn2-c2ccccc2)c1=O. The molecule has 2 aromatic carbocycles. The van der Waals surface area contributed by atoms with E-state index >= 15 is 4.39 Å². The maximum absolute atomic E-state index is 15.3. The van der Waals surface area contributed by atoms with E-state index in [1.165, 1.54) is 24.1 Å². The van der Waals surface area contributed by atoms with Crippen LogP contribution in [-0.4, -0.2) is 53.0 Å². The van der Waals surface area contributed by atoms with Gasteiger partial charge in [0.25, 0.3) is 5.43 Å². The van der Waals surface area contributed by atoms with Crippen LogP contribution in [0.1, 0.15) is 6.42 Å². The third-order valence-corrected chi connectivity index (χ3v) is 5.76. The lowest BCUT2D eigenvalue weighted by Crippen LogP contribution is -2.26. The van der Waals surface area contributed by atoms with Gasteiger partial charge < -0.3 is 14.4 Å². The summed E-state index contributed by atoms with van der Waals surface area (Å²) in [6.45, 7) is 2.83. The molecule has 0 saturated carbocycles. The monoisotopic (exact) mass is 461 g/mol. The van der Waals surface area contributed by atoms with Crippen LogP contribution in [0.4, 0.5) is 10.1 Å². The molecule has 34 heavy (non-hydrogen) atoms. The average molecular weight is 461 g/mol. The summed E-state index contributed by atoms with van der Waals surface area (Å²) < 4.78 is 29.1. The Morgan fingerprint density at radius 2 is 1.88 bits per heavy atom. The molecule has 1 aliphatic rings. The minimum Gasteiger partial charge on any atom is -0.491 e. The van der Waals surface area contributed by atoms with Gasteiger partial charge in [-0.15, -0.1) is 0 Å². The second-order valence-electron chi connectivity index (χ2n) is 7.87. The molecule has 0 amide bonds. The van der Waals surface area contributed by atoms with E-state index in [0.717, 1.165) is 24.3 Å². The molecule has 4 aromatic rings. The highest BCUT2D eigenvalue weighted by Gasteiger charge is 2.19. The van der Waals surface area contributed by atoms with Gasteiger partial charge in [-0.2, -0.15) is 10.2 Å². The lowest BCUT2D eigenvalue weighted by molar-refractivity contribution is 0.152. The Morgan fingerprint density at radius 3 is 2.68 bits per heavy atom. The zero-order valence-electron chi connectivity index (χ0n) is 18.7. The molecule has 0 spiro atoms. The number of aromatic nitrogens is 4. The van der Waals surface area contributed by atoms with Crippen LogP contribution < -0.4 is 15.1 Å². The zero-order valence-corrected chi connectivity index (χ0v) is 18.7. The Balaban J connectivity index is 1.58. The maximum Gasteiger partial charge on any atom is 0.251 e. The van der Waals surface area contributed by atoms with Crippen molar-refractivity contribution < 1.29 is 13.9 Å². The van der Waals surface area contributed by atoms with E-state index in [4.69, 9.17) is 9.47 Å². The molecular formula is C25H24FN5O3. The van der Waals surface area contributed by atoms with Crippen LogP contribution in [0.2, 0.25) is 0 Å². The van der Waals surface area contributed by atoms with E-state index in [0.29, 0.717) is 25.5 Å². The van der Waals surface area contributed by atoms with Crippen molar-refractivity contribution in [1.82, 2.24) is 19.6 Å². The van der Waals surface area contributed by atoms with Gasteiger partial charge in [-0.3, -0.25) is 4.79 Å². The number of methoxy groups -OCH3 is 1. The Hall–Kier alpha value is -3.98. The number of nitrogens with zero attached hydrogens (tertiary/aromatic N) is 5.